The molecule has 1 aliphatic rings. The summed E-state index contributed by atoms with van der Waals surface area (Å²) in [7, 11) is -4.42. The van der Waals surface area contributed by atoms with Gasteiger partial charge in [-0.05, 0) is 31.4 Å². The minimum Gasteiger partial charge on any atom is -0.464 e. The van der Waals surface area contributed by atoms with Crippen molar-refractivity contribution in [1.29, 1.82) is 0 Å². The number of imidazole rings is 1. The van der Waals surface area contributed by atoms with Crippen LogP contribution in [-0.4, -0.2) is 62.4 Å². The van der Waals surface area contributed by atoms with Crippen molar-refractivity contribution in [2.45, 2.75) is 116 Å². The second-order valence-electron chi connectivity index (χ2n) is 12.9. The molecule has 0 saturated carbocycles. The molecule has 1 saturated heterocycles. The topological polar surface area (TPSA) is 179 Å². The van der Waals surface area contributed by atoms with E-state index in [2.05, 4.69) is 32.9 Å². The van der Waals surface area contributed by atoms with Gasteiger partial charge in [0.15, 0.2) is 22.6 Å². The number of ether oxygens (including phenoxy) is 3. The summed E-state index contributed by atoms with van der Waals surface area (Å²) in [6.45, 7) is 7.21. The van der Waals surface area contributed by atoms with E-state index in [1.54, 1.807) is 30.3 Å². The van der Waals surface area contributed by atoms with E-state index in [4.69, 9.17) is 35.4 Å². The molecule has 0 radical (unpaired) electrons. The molecule has 3 aromatic rings. The van der Waals surface area contributed by atoms with Gasteiger partial charge in [-0.1, -0.05) is 89.8 Å². The van der Waals surface area contributed by atoms with Gasteiger partial charge in [-0.3, -0.25) is 18.7 Å². The quantitative estimate of drug-likeness (QED) is 0.0389. The van der Waals surface area contributed by atoms with Gasteiger partial charge in [0.25, 0.3) is 0 Å². The molecule has 1 fully saturated rings. The van der Waals surface area contributed by atoms with Gasteiger partial charge in [0, 0.05) is 12.8 Å². The molecule has 0 bridgehead atoms. The van der Waals surface area contributed by atoms with Crippen molar-refractivity contribution in [3.63, 3.8) is 0 Å². The van der Waals surface area contributed by atoms with Crippen molar-refractivity contribution in [1.82, 2.24) is 24.6 Å². The highest BCUT2D eigenvalue weighted by Crippen LogP contribution is 2.48. The lowest BCUT2D eigenvalue weighted by Crippen LogP contribution is -2.45. The molecular weight excluding hydrogens is 694 g/mol. The van der Waals surface area contributed by atoms with E-state index in [9.17, 15) is 18.5 Å². The van der Waals surface area contributed by atoms with Crippen LogP contribution in [-0.2, 0) is 32.9 Å². The molecule has 3 N–H and O–H groups in total. The summed E-state index contributed by atoms with van der Waals surface area (Å²) in [5.74, 6) is 1.58. The van der Waals surface area contributed by atoms with Gasteiger partial charge in [0.1, 0.15) is 30.7 Å². The van der Waals surface area contributed by atoms with Crippen LogP contribution in [0.1, 0.15) is 98.1 Å². The number of nitrogens with two attached hydrogens (primary N) is 1. The Labute approximate surface area is 304 Å². The Morgan fingerprint density at radius 3 is 2.56 bits per heavy atom. The molecule has 16 heteroatoms. The van der Waals surface area contributed by atoms with Crippen molar-refractivity contribution in [2.75, 3.05) is 18.9 Å². The molecule has 4 rings (SSSR count). The first-order valence-electron chi connectivity index (χ1n) is 17.9. The Hall–Kier alpha value is -4.09. The number of carbonyl (C=O) groups excluding carboxylic acids is 2. The number of benzene rings is 1. The number of halogens is 1. The average molecular weight is 745 g/mol. The number of carbonyl (C=O) groups is 2. The van der Waals surface area contributed by atoms with Crippen LogP contribution in [0.5, 0.6) is 5.75 Å². The van der Waals surface area contributed by atoms with Gasteiger partial charge >= 0.3 is 25.8 Å². The number of hydrogen-bond acceptors (Lipinski definition) is 12. The van der Waals surface area contributed by atoms with E-state index in [1.807, 2.05) is 13.8 Å². The SMILES string of the molecule is C#CC1(CO[P@@](=O)(NC(C)C(=O)OCC(CC)CC)Oc2ccccc2)OC(n2cnc3c(N)nc(F)nc32)CC1OC(=O)CCCCCCCC. The summed E-state index contributed by atoms with van der Waals surface area (Å²) >= 11 is 0. The fourth-order valence-corrected chi connectivity index (χ4v) is 7.29. The number of hydrogen-bond donors (Lipinski definition) is 2. The number of terminal acetylenes is 1. The molecule has 3 heterocycles. The standard InChI is InChI=1S/C36H50FN6O8P/c1-6-10-11-12-13-17-20-30(44)49-28-21-29(43-24-39-31-32(38)40-35(37)41-33(31)43)50-36(28,9-4)23-48-52(46,51-27-18-15-14-16-19-27)42-25(5)34(45)47-22-26(7-2)8-3/h4,14-16,18-19,24-26,28-29H,6-8,10-13,17,20-23H2,1-3,5H3,(H,42,46)(H2,38,40,41)/t25?,28?,29?,36?,52-/m0/s1. The summed E-state index contributed by atoms with van der Waals surface area (Å²) in [6, 6.07) is 7.11. The first kappa shape index (κ1) is 40.7. The highest BCUT2D eigenvalue weighted by atomic mass is 31.2. The number of rotatable bonds is 21. The van der Waals surface area contributed by atoms with Gasteiger partial charge < -0.3 is 24.5 Å². The number of esters is 2. The summed E-state index contributed by atoms with van der Waals surface area (Å²) < 4.78 is 59.7. The highest BCUT2D eigenvalue weighted by molar-refractivity contribution is 7.52. The number of fused-ring (bicyclic) bond motifs is 1. The van der Waals surface area contributed by atoms with Crippen LogP contribution in [0.2, 0.25) is 0 Å². The molecule has 0 spiro atoms. The van der Waals surface area contributed by atoms with E-state index < -0.39 is 56.3 Å². The number of unbranched alkanes of at least 4 members (excludes halogenated alkanes) is 5. The molecule has 4 unspecified atom stereocenters. The van der Waals surface area contributed by atoms with Crippen LogP contribution >= 0.6 is 7.75 Å². The van der Waals surface area contributed by atoms with Crippen molar-refractivity contribution in [2.24, 2.45) is 5.92 Å². The Morgan fingerprint density at radius 2 is 1.87 bits per heavy atom. The summed E-state index contributed by atoms with van der Waals surface area (Å²) in [5, 5.41) is 2.66. The third kappa shape index (κ3) is 10.7. The Morgan fingerprint density at radius 1 is 1.15 bits per heavy atom. The number of anilines is 1. The molecule has 52 heavy (non-hydrogen) atoms. The van der Waals surface area contributed by atoms with Gasteiger partial charge in [0.2, 0.25) is 0 Å². The van der Waals surface area contributed by atoms with Gasteiger partial charge in [-0.15, -0.1) is 6.42 Å². The Bertz CT molecular complexity index is 1720. The average Bonchev–Trinajstić information content (AvgIpc) is 3.71. The Balaban J connectivity index is 1.59. The minimum absolute atomic E-state index is 0.0250. The van der Waals surface area contributed by atoms with Crippen molar-refractivity contribution in [3.8, 4) is 18.1 Å². The second kappa shape index (κ2) is 19.1. The zero-order valence-electron chi connectivity index (χ0n) is 30.3. The molecule has 2 aromatic heterocycles. The number of nitrogen functional groups attached to an aromatic ring is 1. The highest BCUT2D eigenvalue weighted by Gasteiger charge is 2.53. The molecule has 1 aromatic carbocycles. The van der Waals surface area contributed by atoms with Crippen LogP contribution in [0.4, 0.5) is 10.2 Å². The van der Waals surface area contributed by atoms with Crippen LogP contribution in [0.15, 0.2) is 36.7 Å². The van der Waals surface area contributed by atoms with Crippen molar-refractivity contribution < 1.29 is 41.8 Å². The van der Waals surface area contributed by atoms with Crippen LogP contribution in [0, 0.1) is 24.3 Å². The summed E-state index contributed by atoms with van der Waals surface area (Å²) in [4.78, 5) is 37.7. The lowest BCUT2D eigenvalue weighted by Gasteiger charge is -2.31. The predicted octanol–water partition coefficient (Wildman–Crippen LogP) is 6.66. The number of aromatic nitrogens is 4. The molecular formula is C36H50FN6O8P. The third-order valence-corrected chi connectivity index (χ3v) is 10.6. The number of para-hydroxylation sites is 1. The smallest absolute Gasteiger partial charge is 0.459 e. The molecule has 284 valence electrons. The molecule has 0 aliphatic carbocycles. The lowest BCUT2D eigenvalue weighted by atomic mass is 9.98. The van der Waals surface area contributed by atoms with Crippen molar-refractivity contribution in [3.05, 3.63) is 42.7 Å². The molecule has 0 amide bonds. The fraction of sp³-hybridized carbons (Fsp3) is 0.583. The maximum atomic E-state index is 14.4. The largest absolute Gasteiger partial charge is 0.464 e. The number of nitrogens with one attached hydrogen (secondary N) is 1. The molecule has 1 aliphatic heterocycles. The third-order valence-electron chi connectivity index (χ3n) is 9.01. The zero-order chi connectivity index (χ0) is 37.7. The van der Waals surface area contributed by atoms with Crippen molar-refractivity contribution >= 4 is 36.7 Å². The summed E-state index contributed by atoms with van der Waals surface area (Å²) in [6.07, 6.45) is 11.8. The van der Waals surface area contributed by atoms with Crippen LogP contribution in [0.3, 0.4) is 0 Å². The predicted molar refractivity (Wildman–Crippen MR) is 192 cm³/mol. The first-order chi connectivity index (χ1) is 25.0. The first-order valence-corrected chi connectivity index (χ1v) is 19.4. The molecule has 5 atom stereocenters. The van der Waals surface area contributed by atoms with Crippen LogP contribution < -0.4 is 15.3 Å². The van der Waals surface area contributed by atoms with E-state index in [1.165, 1.54) is 17.8 Å². The van der Waals surface area contributed by atoms with Gasteiger partial charge in [-0.25, -0.2) is 9.55 Å². The van der Waals surface area contributed by atoms with E-state index in [0.717, 1.165) is 44.9 Å². The number of nitrogens with zero attached hydrogens (tertiary/aromatic N) is 4. The second-order valence-corrected chi connectivity index (χ2v) is 14.6. The minimum atomic E-state index is -4.42. The summed E-state index contributed by atoms with van der Waals surface area (Å²) in [5.41, 5.74) is 4.21. The van der Waals surface area contributed by atoms with E-state index in [-0.39, 0.29) is 48.1 Å². The van der Waals surface area contributed by atoms with Gasteiger partial charge in [-0.2, -0.15) is 19.4 Å². The fourth-order valence-electron chi connectivity index (χ4n) is 5.77. The monoisotopic (exact) mass is 744 g/mol. The Kier molecular flexibility index (Phi) is 15.0. The zero-order valence-corrected chi connectivity index (χ0v) is 31.2. The van der Waals surface area contributed by atoms with Gasteiger partial charge in [0.05, 0.1) is 12.9 Å². The normalized spacial score (nSPS) is 20.3. The lowest BCUT2D eigenvalue weighted by molar-refractivity contribution is -0.158. The maximum Gasteiger partial charge on any atom is 0.459 e. The molecule has 14 nitrogen and oxygen atoms in total. The van der Waals surface area contributed by atoms with Crippen LogP contribution in [0.25, 0.3) is 11.2 Å². The van der Waals surface area contributed by atoms with E-state index in [0.29, 0.717) is 6.42 Å². The maximum absolute atomic E-state index is 14.4. The van der Waals surface area contributed by atoms with E-state index >= 15 is 0 Å².